The Morgan fingerprint density at radius 1 is 1.12 bits per heavy atom. The van der Waals surface area contributed by atoms with Gasteiger partial charge in [-0.1, -0.05) is 48.5 Å². The predicted molar refractivity (Wildman–Crippen MR) is 97.0 cm³/mol. The van der Waals surface area contributed by atoms with E-state index in [1.54, 1.807) is 0 Å². The molecule has 2 aromatic carbocycles. The van der Waals surface area contributed by atoms with Gasteiger partial charge in [-0.3, -0.25) is 0 Å². The van der Waals surface area contributed by atoms with Crippen LogP contribution in [0.5, 0.6) is 0 Å². The molecule has 25 heavy (non-hydrogen) atoms. The Morgan fingerprint density at radius 3 is 2.20 bits per heavy atom. The highest BCUT2D eigenvalue weighted by Gasteiger charge is 2.37. The first kappa shape index (κ1) is 17.7. The zero-order valence-electron chi connectivity index (χ0n) is 13.6. The highest BCUT2D eigenvalue weighted by Crippen LogP contribution is 2.44. The zero-order valence-corrected chi connectivity index (χ0v) is 14.4. The van der Waals surface area contributed by atoms with E-state index in [0.29, 0.717) is 0 Å². The second-order valence-corrected chi connectivity index (χ2v) is 6.43. The number of nitrogens with one attached hydrogen (secondary N) is 2. The molecule has 0 aromatic heterocycles. The van der Waals surface area contributed by atoms with Crippen molar-refractivity contribution in [2.45, 2.75) is 11.6 Å². The van der Waals surface area contributed by atoms with Crippen molar-refractivity contribution in [3.8, 4) is 11.1 Å². The molecule has 0 bridgehead atoms. The second kappa shape index (κ2) is 7.02. The van der Waals surface area contributed by atoms with E-state index in [2.05, 4.69) is 34.9 Å². The summed E-state index contributed by atoms with van der Waals surface area (Å²) < 4.78 is 19.2. The molecule has 0 atom stereocenters. The van der Waals surface area contributed by atoms with Gasteiger partial charge in [0.2, 0.25) is 0 Å². The molecule has 6 heteroatoms. The van der Waals surface area contributed by atoms with Crippen LogP contribution in [0.3, 0.4) is 0 Å². The molecule has 4 rings (SSSR count). The normalized spacial score (nSPS) is 16.8. The van der Waals surface area contributed by atoms with E-state index >= 15 is 0 Å². The van der Waals surface area contributed by atoms with Gasteiger partial charge in [0.05, 0.1) is 6.54 Å². The topological polar surface area (TPSA) is 50.4 Å². The maximum atomic E-state index is 13.9. The van der Waals surface area contributed by atoms with E-state index in [1.165, 1.54) is 11.1 Å². The van der Waals surface area contributed by atoms with E-state index in [1.807, 2.05) is 24.3 Å². The fourth-order valence-electron chi connectivity index (χ4n) is 3.40. The first-order valence-corrected chi connectivity index (χ1v) is 8.15. The third-order valence-corrected chi connectivity index (χ3v) is 4.78. The van der Waals surface area contributed by atoms with Crippen LogP contribution in [0.1, 0.15) is 17.0 Å². The Balaban J connectivity index is 0.00000182. The van der Waals surface area contributed by atoms with Gasteiger partial charge in [-0.2, -0.15) is 0 Å². The van der Waals surface area contributed by atoms with Gasteiger partial charge >= 0.3 is 6.09 Å². The lowest BCUT2D eigenvalue weighted by atomic mass is 9.98. The molecule has 1 aliphatic carbocycles. The fraction of sp³-hybridized carbons (Fsp3) is 0.316. The number of benzene rings is 2. The van der Waals surface area contributed by atoms with E-state index in [9.17, 15) is 9.18 Å². The molecule has 2 aromatic rings. The Morgan fingerprint density at radius 2 is 1.68 bits per heavy atom. The smallest absolute Gasteiger partial charge is 0.407 e. The van der Waals surface area contributed by atoms with Crippen molar-refractivity contribution >= 4 is 18.5 Å². The molecule has 2 N–H and O–H groups in total. The predicted octanol–water partition coefficient (Wildman–Crippen LogP) is 3.26. The molecule has 4 nitrogen and oxygen atoms in total. The minimum atomic E-state index is -1.34. The fourth-order valence-corrected chi connectivity index (χ4v) is 3.40. The Kier molecular flexibility index (Phi) is 4.97. The summed E-state index contributed by atoms with van der Waals surface area (Å²) in [6.07, 6.45) is -0.569. The van der Waals surface area contributed by atoms with Crippen LogP contribution in [0.2, 0.25) is 0 Å². The summed E-state index contributed by atoms with van der Waals surface area (Å²) in [4.78, 5) is 11.9. The summed E-state index contributed by atoms with van der Waals surface area (Å²) in [5.41, 5.74) is 3.36. The van der Waals surface area contributed by atoms with Crippen LogP contribution in [0.25, 0.3) is 11.1 Å². The first-order chi connectivity index (χ1) is 11.7. The number of halogens is 2. The lowest BCUT2D eigenvalue weighted by Crippen LogP contribution is -2.61. The second-order valence-electron chi connectivity index (χ2n) is 6.43. The molecule has 1 aliphatic heterocycles. The van der Waals surface area contributed by atoms with Crippen molar-refractivity contribution in [1.82, 2.24) is 10.6 Å². The average molecular weight is 363 g/mol. The van der Waals surface area contributed by atoms with Crippen LogP contribution in [0.4, 0.5) is 9.18 Å². The molecule has 0 radical (unpaired) electrons. The number of alkyl halides is 1. The van der Waals surface area contributed by atoms with E-state index in [0.717, 1.165) is 11.1 Å². The van der Waals surface area contributed by atoms with Gasteiger partial charge in [0.15, 0.2) is 5.67 Å². The van der Waals surface area contributed by atoms with Crippen molar-refractivity contribution in [3.05, 3.63) is 59.7 Å². The Hall–Kier alpha value is -2.11. The minimum absolute atomic E-state index is 0. The molecule has 1 amide bonds. The number of ether oxygens (including phenoxy) is 1. The number of alkyl carbamates (subject to hydrolysis) is 1. The highest BCUT2D eigenvalue weighted by atomic mass is 35.5. The van der Waals surface area contributed by atoms with Gasteiger partial charge in [0, 0.05) is 19.0 Å². The summed E-state index contributed by atoms with van der Waals surface area (Å²) in [5.74, 6) is 0.0212. The minimum Gasteiger partial charge on any atom is -0.449 e. The standard InChI is InChI=1S/C19H19FN2O2.ClH/c20-19(10-21-11-19)12-22-18(23)24-9-17-15-7-3-1-5-13(15)14-6-2-4-8-16(14)17;/h1-8,17,21H,9-12H2,(H,22,23);1H. The first-order valence-electron chi connectivity index (χ1n) is 8.15. The molecule has 0 spiro atoms. The molecular formula is C19H20ClFN2O2. The molecule has 2 aliphatic rings. The largest absolute Gasteiger partial charge is 0.449 e. The van der Waals surface area contributed by atoms with Crippen molar-refractivity contribution in [2.75, 3.05) is 26.2 Å². The molecule has 1 fully saturated rings. The molecule has 1 saturated heterocycles. The molecule has 0 unspecified atom stereocenters. The number of fused-ring (bicyclic) bond motifs is 3. The summed E-state index contributed by atoms with van der Waals surface area (Å²) in [6.45, 7) is 0.779. The molecule has 1 heterocycles. The summed E-state index contributed by atoms with van der Waals surface area (Å²) >= 11 is 0. The van der Waals surface area contributed by atoms with Crippen LogP contribution in [0, 0.1) is 0 Å². The van der Waals surface area contributed by atoms with Gasteiger partial charge in [0.25, 0.3) is 0 Å². The lowest BCUT2D eigenvalue weighted by molar-refractivity contribution is 0.0818. The number of rotatable bonds is 4. The average Bonchev–Trinajstić information content (AvgIpc) is 2.90. The number of amides is 1. The van der Waals surface area contributed by atoms with Crippen molar-refractivity contribution < 1.29 is 13.9 Å². The molecular weight excluding hydrogens is 343 g/mol. The Labute approximate surface area is 152 Å². The van der Waals surface area contributed by atoms with Crippen LogP contribution >= 0.6 is 12.4 Å². The van der Waals surface area contributed by atoms with Gasteiger partial charge in [-0.05, 0) is 22.3 Å². The molecule has 0 saturated carbocycles. The van der Waals surface area contributed by atoms with Crippen LogP contribution in [-0.4, -0.2) is 38.0 Å². The highest BCUT2D eigenvalue weighted by molar-refractivity contribution is 5.85. The maximum Gasteiger partial charge on any atom is 0.407 e. The SMILES string of the molecule is Cl.O=C(NCC1(F)CNC1)OCC1c2ccccc2-c2ccccc21. The number of hydrogen-bond donors (Lipinski definition) is 2. The van der Waals surface area contributed by atoms with E-state index < -0.39 is 11.8 Å². The van der Waals surface area contributed by atoms with Crippen molar-refractivity contribution in [3.63, 3.8) is 0 Å². The lowest BCUT2D eigenvalue weighted by Gasteiger charge is -2.34. The van der Waals surface area contributed by atoms with E-state index in [-0.39, 0.29) is 44.6 Å². The monoisotopic (exact) mass is 362 g/mol. The Bertz CT molecular complexity index is 734. The number of carbonyl (C=O) groups excluding carboxylic acids is 1. The van der Waals surface area contributed by atoms with E-state index in [4.69, 9.17) is 4.74 Å². The van der Waals surface area contributed by atoms with Gasteiger partial charge in [-0.25, -0.2) is 9.18 Å². The van der Waals surface area contributed by atoms with Crippen LogP contribution in [0.15, 0.2) is 48.5 Å². The maximum absolute atomic E-state index is 13.9. The molecule has 132 valence electrons. The quantitative estimate of drug-likeness (QED) is 0.877. The zero-order chi connectivity index (χ0) is 16.6. The van der Waals surface area contributed by atoms with Crippen LogP contribution < -0.4 is 10.6 Å². The third-order valence-electron chi connectivity index (χ3n) is 4.78. The van der Waals surface area contributed by atoms with Gasteiger partial charge in [0.1, 0.15) is 6.61 Å². The number of hydrogen-bond acceptors (Lipinski definition) is 3. The third kappa shape index (κ3) is 3.34. The summed E-state index contributed by atoms with van der Waals surface area (Å²) in [5, 5.41) is 5.38. The number of carbonyl (C=O) groups is 1. The van der Waals surface area contributed by atoms with Crippen molar-refractivity contribution in [1.29, 1.82) is 0 Å². The summed E-state index contributed by atoms with van der Waals surface area (Å²) in [7, 11) is 0. The van der Waals surface area contributed by atoms with Crippen LogP contribution in [-0.2, 0) is 4.74 Å². The summed E-state index contributed by atoms with van der Waals surface area (Å²) in [6, 6.07) is 16.3. The van der Waals surface area contributed by atoms with Crippen molar-refractivity contribution in [2.24, 2.45) is 0 Å². The van der Waals surface area contributed by atoms with Gasteiger partial charge < -0.3 is 15.4 Å². The van der Waals surface area contributed by atoms with Gasteiger partial charge in [-0.15, -0.1) is 12.4 Å².